The second-order valence-electron chi connectivity index (χ2n) is 19.3. The van der Waals surface area contributed by atoms with Gasteiger partial charge in [-0.2, -0.15) is 0 Å². The van der Waals surface area contributed by atoms with Gasteiger partial charge in [0.1, 0.15) is 6.61 Å². The first-order chi connectivity index (χ1) is 36.6. The molecule has 1 atom stereocenters. The summed E-state index contributed by atoms with van der Waals surface area (Å²) >= 11 is 0. The van der Waals surface area contributed by atoms with Crippen LogP contribution in [0.2, 0.25) is 0 Å². The SMILES string of the molecule is CC/C=C\C/C=C\C/C=C\C/C=C\C/C=C\C/C=C\C/C=C\C/C=C\C/C=C\CCCCCCCC(=O)OC(CO)COC(=O)CCCCCCCCCCCCCCCC/C=C\C/C=C\C/C=C\C/C=C\CC. The maximum Gasteiger partial charge on any atom is 0.306 e. The summed E-state index contributed by atoms with van der Waals surface area (Å²) in [7, 11) is 0. The fourth-order valence-electron chi connectivity index (χ4n) is 7.89. The first-order valence-corrected chi connectivity index (χ1v) is 30.0. The summed E-state index contributed by atoms with van der Waals surface area (Å²) in [5.74, 6) is -0.621. The fraction of sp³-hybridized carbons (Fsp3) is 0.594. The normalized spacial score (nSPS) is 13.4. The van der Waals surface area contributed by atoms with Crippen LogP contribution in [0.1, 0.15) is 245 Å². The molecule has 0 spiro atoms. The second-order valence-corrected chi connectivity index (χ2v) is 19.3. The van der Waals surface area contributed by atoms with E-state index < -0.39 is 6.10 Å². The van der Waals surface area contributed by atoms with Crippen molar-refractivity contribution in [2.75, 3.05) is 13.2 Å². The van der Waals surface area contributed by atoms with Gasteiger partial charge in [0.15, 0.2) is 6.10 Å². The molecule has 0 aliphatic rings. The summed E-state index contributed by atoms with van der Waals surface area (Å²) in [5.41, 5.74) is 0. The highest BCUT2D eigenvalue weighted by atomic mass is 16.6. The zero-order valence-corrected chi connectivity index (χ0v) is 47.5. The van der Waals surface area contributed by atoms with Crippen LogP contribution < -0.4 is 0 Å². The van der Waals surface area contributed by atoms with Crippen LogP contribution in [0, 0.1) is 0 Å². The maximum atomic E-state index is 12.3. The molecule has 0 rings (SSSR count). The number of hydrogen-bond donors (Lipinski definition) is 1. The highest BCUT2D eigenvalue weighted by Gasteiger charge is 2.16. The molecule has 0 bridgehead atoms. The predicted octanol–water partition coefficient (Wildman–Crippen LogP) is 20.7. The topological polar surface area (TPSA) is 72.8 Å². The van der Waals surface area contributed by atoms with Crippen LogP contribution in [-0.4, -0.2) is 36.4 Å². The molecule has 0 saturated heterocycles. The molecule has 0 aromatic rings. The Balaban J connectivity index is 3.60. The Labute approximate surface area is 456 Å². The molecule has 0 fully saturated rings. The number of carbonyl (C=O) groups excluding carboxylic acids is 2. The van der Waals surface area contributed by atoms with Crippen molar-refractivity contribution in [3.8, 4) is 0 Å². The van der Waals surface area contributed by atoms with Crippen LogP contribution >= 0.6 is 0 Å². The standard InChI is InChI=1S/C69H110O5/c1-3-5-7-9-11-13-15-17-19-21-23-25-27-29-31-32-33-34-35-36-38-40-42-44-46-48-50-52-54-56-58-60-62-64-69(72)74-67(65-70)66-73-68(71)63-61-59-57-55-53-51-49-47-45-43-41-39-37-30-28-26-24-22-20-18-16-14-12-10-8-6-4-2/h5-8,11-14,17-20,23-26,29,31,33-34,36,38,42,44,48,50,67,70H,3-4,9-10,15-16,21-22,27-28,30,32,35,37,39-41,43,45-47,49,51-66H2,1-2H3/b7-5-,8-6-,13-11-,14-12-,19-17-,20-18-,25-23-,26-24-,31-29-,34-33-,38-36-,44-42-,50-48-. The summed E-state index contributed by atoms with van der Waals surface area (Å²) in [4.78, 5) is 24.6. The van der Waals surface area contributed by atoms with Crippen molar-refractivity contribution in [2.45, 2.75) is 251 Å². The van der Waals surface area contributed by atoms with Crippen molar-refractivity contribution in [3.05, 3.63) is 158 Å². The molecule has 0 heterocycles. The van der Waals surface area contributed by atoms with Crippen molar-refractivity contribution in [1.29, 1.82) is 0 Å². The Morgan fingerprint density at radius 3 is 0.811 bits per heavy atom. The minimum atomic E-state index is -0.796. The molecule has 5 nitrogen and oxygen atoms in total. The van der Waals surface area contributed by atoms with E-state index in [1.807, 2.05) is 0 Å². The zero-order chi connectivity index (χ0) is 53.4. The summed E-state index contributed by atoms with van der Waals surface area (Å²) in [6.45, 7) is 3.90. The van der Waals surface area contributed by atoms with Gasteiger partial charge >= 0.3 is 11.9 Å². The molecule has 0 aliphatic carbocycles. The van der Waals surface area contributed by atoms with E-state index in [0.29, 0.717) is 12.8 Å². The van der Waals surface area contributed by atoms with Gasteiger partial charge in [-0.15, -0.1) is 0 Å². The Kier molecular flexibility index (Phi) is 59.0. The smallest absolute Gasteiger partial charge is 0.306 e. The maximum absolute atomic E-state index is 12.3. The summed E-state index contributed by atoms with van der Waals surface area (Å²) in [6.07, 6.45) is 96.4. The van der Waals surface area contributed by atoms with Crippen molar-refractivity contribution in [3.63, 3.8) is 0 Å². The van der Waals surface area contributed by atoms with Crippen LogP contribution in [0.25, 0.3) is 0 Å². The van der Waals surface area contributed by atoms with E-state index in [2.05, 4.69) is 172 Å². The van der Waals surface area contributed by atoms with Gasteiger partial charge in [0.05, 0.1) is 6.61 Å². The van der Waals surface area contributed by atoms with E-state index in [1.54, 1.807) is 0 Å². The number of allylic oxidation sites excluding steroid dienone is 26. The molecule has 0 amide bonds. The predicted molar refractivity (Wildman–Crippen MR) is 324 cm³/mol. The molecule has 0 aliphatic heterocycles. The number of unbranched alkanes of at least 4 members (excludes halogenated alkanes) is 19. The molecule has 1 N–H and O–H groups in total. The first kappa shape index (κ1) is 69.5. The van der Waals surface area contributed by atoms with Gasteiger partial charge in [0.25, 0.3) is 0 Å². The van der Waals surface area contributed by atoms with Gasteiger partial charge in [-0.1, -0.05) is 268 Å². The first-order valence-electron chi connectivity index (χ1n) is 30.0. The highest BCUT2D eigenvalue weighted by molar-refractivity contribution is 5.70. The van der Waals surface area contributed by atoms with E-state index in [9.17, 15) is 14.7 Å². The Morgan fingerprint density at radius 2 is 0.541 bits per heavy atom. The Hall–Kier alpha value is -4.48. The van der Waals surface area contributed by atoms with Gasteiger partial charge in [-0.25, -0.2) is 0 Å². The lowest BCUT2D eigenvalue weighted by molar-refractivity contribution is -0.161. The number of aliphatic hydroxyl groups is 1. The average molecular weight is 1020 g/mol. The number of esters is 2. The number of rotatable bonds is 53. The van der Waals surface area contributed by atoms with Crippen molar-refractivity contribution >= 4 is 11.9 Å². The Bertz CT molecular complexity index is 1620. The quantitative estimate of drug-likeness (QED) is 0.0373. The molecule has 1 unspecified atom stereocenters. The minimum Gasteiger partial charge on any atom is -0.462 e. The molecule has 0 aromatic carbocycles. The monoisotopic (exact) mass is 1020 g/mol. The van der Waals surface area contributed by atoms with Crippen LogP contribution in [0.5, 0.6) is 0 Å². The van der Waals surface area contributed by atoms with Gasteiger partial charge in [-0.3, -0.25) is 9.59 Å². The molecule has 0 aromatic heterocycles. The van der Waals surface area contributed by atoms with E-state index in [0.717, 1.165) is 141 Å². The average Bonchev–Trinajstić information content (AvgIpc) is 3.40. The molecule has 416 valence electrons. The van der Waals surface area contributed by atoms with Crippen molar-refractivity contribution < 1.29 is 24.2 Å². The second kappa shape index (κ2) is 62.8. The number of carbonyl (C=O) groups is 2. The molecule has 74 heavy (non-hydrogen) atoms. The highest BCUT2D eigenvalue weighted by Crippen LogP contribution is 2.15. The van der Waals surface area contributed by atoms with Crippen molar-refractivity contribution in [1.82, 2.24) is 0 Å². The third-order valence-corrected chi connectivity index (χ3v) is 12.3. The fourth-order valence-corrected chi connectivity index (χ4v) is 7.89. The third kappa shape index (κ3) is 60.1. The molecule has 5 heteroatoms. The van der Waals surface area contributed by atoms with E-state index in [4.69, 9.17) is 9.47 Å². The van der Waals surface area contributed by atoms with Crippen LogP contribution in [-0.2, 0) is 19.1 Å². The van der Waals surface area contributed by atoms with Crippen LogP contribution in [0.15, 0.2) is 158 Å². The van der Waals surface area contributed by atoms with Crippen molar-refractivity contribution in [2.24, 2.45) is 0 Å². The lowest BCUT2D eigenvalue weighted by Gasteiger charge is -2.15. The molecular formula is C69H110O5. The number of ether oxygens (including phenoxy) is 2. The van der Waals surface area contributed by atoms with Gasteiger partial charge in [0.2, 0.25) is 0 Å². The summed E-state index contributed by atoms with van der Waals surface area (Å²) < 4.78 is 10.7. The lowest BCUT2D eigenvalue weighted by atomic mass is 10.0. The van der Waals surface area contributed by atoms with E-state index in [1.165, 1.54) is 77.0 Å². The lowest BCUT2D eigenvalue weighted by Crippen LogP contribution is -2.28. The van der Waals surface area contributed by atoms with Crippen LogP contribution in [0.4, 0.5) is 0 Å². The molecule has 0 saturated carbocycles. The van der Waals surface area contributed by atoms with Gasteiger partial charge in [0, 0.05) is 12.8 Å². The summed E-state index contributed by atoms with van der Waals surface area (Å²) in [6, 6.07) is 0. The largest absolute Gasteiger partial charge is 0.462 e. The van der Waals surface area contributed by atoms with E-state index >= 15 is 0 Å². The van der Waals surface area contributed by atoms with Gasteiger partial charge in [-0.05, 0) is 122 Å². The number of hydrogen-bond acceptors (Lipinski definition) is 5. The van der Waals surface area contributed by atoms with Gasteiger partial charge < -0.3 is 14.6 Å². The van der Waals surface area contributed by atoms with Crippen LogP contribution in [0.3, 0.4) is 0 Å². The molecule has 0 radical (unpaired) electrons. The molecular weight excluding hydrogens is 909 g/mol. The third-order valence-electron chi connectivity index (χ3n) is 12.3. The minimum absolute atomic E-state index is 0.0835. The number of aliphatic hydroxyl groups excluding tert-OH is 1. The zero-order valence-electron chi connectivity index (χ0n) is 47.5. The summed E-state index contributed by atoms with van der Waals surface area (Å²) in [5, 5.41) is 9.67. The Morgan fingerprint density at radius 1 is 0.311 bits per heavy atom. The van der Waals surface area contributed by atoms with E-state index in [-0.39, 0.29) is 25.2 Å².